The highest BCUT2D eigenvalue weighted by atomic mass is 35.5. The third-order valence-corrected chi connectivity index (χ3v) is 9.07. The highest BCUT2D eigenvalue weighted by Crippen LogP contribution is 2.47. The molecule has 1 fully saturated rings. The minimum atomic E-state index is -4.77. The molecular formula is C28H31ClF3N5O4S. The Kier molecular flexibility index (Phi) is 7.80. The molecule has 14 heteroatoms. The number of benzene rings is 1. The van der Waals surface area contributed by atoms with Gasteiger partial charge in [-0.3, -0.25) is 14.3 Å². The first kappa shape index (κ1) is 30.3. The van der Waals surface area contributed by atoms with Crippen LogP contribution in [0, 0.1) is 0 Å². The third kappa shape index (κ3) is 5.60. The number of carbonyl (C=O) groups is 1. The number of hydrogen-bond acceptors (Lipinski definition) is 7. The molecule has 0 N–H and O–H groups in total. The van der Waals surface area contributed by atoms with Crippen LogP contribution in [-0.2, 0) is 17.5 Å². The van der Waals surface area contributed by atoms with Crippen LogP contribution in [-0.4, -0.2) is 61.6 Å². The van der Waals surface area contributed by atoms with Crippen LogP contribution in [0.2, 0.25) is 5.02 Å². The van der Waals surface area contributed by atoms with E-state index in [1.165, 1.54) is 15.2 Å². The van der Waals surface area contributed by atoms with Crippen LogP contribution >= 0.6 is 23.4 Å². The zero-order valence-corrected chi connectivity index (χ0v) is 25.3. The van der Waals surface area contributed by atoms with Gasteiger partial charge >= 0.3 is 18.0 Å². The maximum atomic E-state index is 14.3. The minimum Gasteiger partial charge on any atom is -0.444 e. The fourth-order valence-electron chi connectivity index (χ4n) is 5.64. The Balaban J connectivity index is 1.65. The molecule has 1 amide bonds. The van der Waals surface area contributed by atoms with Gasteiger partial charge in [0.15, 0.2) is 0 Å². The van der Waals surface area contributed by atoms with Gasteiger partial charge in [0.25, 0.3) is 5.56 Å². The molecule has 0 saturated carbocycles. The number of piperazine rings is 1. The first-order valence-corrected chi connectivity index (χ1v) is 14.8. The summed E-state index contributed by atoms with van der Waals surface area (Å²) in [6, 6.07) is 4.29. The average molecular weight is 626 g/mol. The monoisotopic (exact) mass is 625 g/mol. The number of amides is 1. The van der Waals surface area contributed by atoms with Crippen LogP contribution in [0.4, 0.5) is 23.8 Å². The quantitative estimate of drug-likeness (QED) is 0.376. The molecule has 0 aliphatic carbocycles. The number of nitrogens with zero attached hydrogens (tertiary/aromatic N) is 5. The fraction of sp³-hybridized carbons (Fsp3) is 0.500. The predicted octanol–water partition coefficient (Wildman–Crippen LogP) is 5.41. The predicted molar refractivity (Wildman–Crippen MR) is 156 cm³/mol. The summed E-state index contributed by atoms with van der Waals surface area (Å²) in [4.78, 5) is 46.9. The molecule has 1 aromatic carbocycles. The lowest BCUT2D eigenvalue weighted by atomic mass is 10.1. The molecule has 0 spiro atoms. The number of ether oxygens (including phenoxy) is 1. The molecule has 1 saturated heterocycles. The maximum absolute atomic E-state index is 14.3. The molecule has 4 heterocycles. The summed E-state index contributed by atoms with van der Waals surface area (Å²) in [5, 5.41) is -0.372. The largest absolute Gasteiger partial charge is 0.444 e. The lowest BCUT2D eigenvalue weighted by molar-refractivity contribution is -0.137. The van der Waals surface area contributed by atoms with Crippen LogP contribution < -0.4 is 16.1 Å². The van der Waals surface area contributed by atoms with Crippen LogP contribution in [0.25, 0.3) is 10.9 Å². The first-order chi connectivity index (χ1) is 19.6. The number of thioether (sulfide) groups is 1. The van der Waals surface area contributed by atoms with Crippen LogP contribution in [0.3, 0.4) is 0 Å². The Morgan fingerprint density at radius 2 is 1.76 bits per heavy atom. The smallest absolute Gasteiger partial charge is 0.417 e. The highest BCUT2D eigenvalue weighted by molar-refractivity contribution is 7.99. The van der Waals surface area contributed by atoms with Crippen LogP contribution in [0.1, 0.15) is 46.2 Å². The van der Waals surface area contributed by atoms with Crippen molar-refractivity contribution in [3.05, 3.63) is 61.9 Å². The van der Waals surface area contributed by atoms with Crippen molar-refractivity contribution in [2.45, 2.75) is 76.0 Å². The SMILES string of the molecule is C[C@@H]1CN(c2nc(=O)n3c4c(c(Cl)c(C(F)(F)F)cc24)SC[C@@H](n2ccccc2=O)C3)C[C@H](C)N1C(=O)OC(C)(C)C. The number of anilines is 1. The molecule has 5 rings (SSSR count). The van der Waals surface area contributed by atoms with Gasteiger partial charge in [-0.15, -0.1) is 11.8 Å². The van der Waals surface area contributed by atoms with Crippen molar-refractivity contribution in [2.24, 2.45) is 0 Å². The van der Waals surface area contributed by atoms with Crippen LogP contribution in [0.15, 0.2) is 44.9 Å². The van der Waals surface area contributed by atoms with Crippen molar-refractivity contribution >= 4 is 46.2 Å². The maximum Gasteiger partial charge on any atom is 0.417 e. The Morgan fingerprint density at radius 3 is 2.36 bits per heavy atom. The normalized spacial score (nSPS) is 21.4. The molecule has 42 heavy (non-hydrogen) atoms. The van der Waals surface area contributed by atoms with Gasteiger partial charge in [0.05, 0.1) is 39.1 Å². The van der Waals surface area contributed by atoms with Crippen molar-refractivity contribution in [3.63, 3.8) is 0 Å². The van der Waals surface area contributed by atoms with Gasteiger partial charge in [-0.1, -0.05) is 17.7 Å². The van der Waals surface area contributed by atoms with E-state index in [1.807, 2.05) is 13.8 Å². The summed E-state index contributed by atoms with van der Waals surface area (Å²) in [5.74, 6) is 0.298. The molecule has 3 atom stereocenters. The van der Waals surface area contributed by atoms with E-state index < -0.39 is 52.3 Å². The second kappa shape index (κ2) is 10.8. The number of aromatic nitrogens is 3. The number of carbonyl (C=O) groups excluding carboxylic acids is 1. The van der Waals surface area contributed by atoms with Gasteiger partial charge in [0, 0.05) is 43.0 Å². The lowest BCUT2D eigenvalue weighted by Gasteiger charge is -2.45. The first-order valence-electron chi connectivity index (χ1n) is 13.5. The summed E-state index contributed by atoms with van der Waals surface area (Å²) in [7, 11) is 0. The van der Waals surface area contributed by atoms with E-state index >= 15 is 0 Å². The molecular weight excluding hydrogens is 595 g/mol. The standard InChI is InChI=1S/C28H31ClF3N5O4S/c1-15-11-34(12-16(2)37(15)26(40)41-27(3,4)5)24-18-10-19(28(30,31)32)21(29)23-22(18)36(25(39)33-24)13-17(14-42-23)35-9-7-6-8-20(35)38/h6-10,15-17H,11-14H2,1-5H3/t15-,16+,17-/m0/s1. The number of alkyl halides is 3. The number of pyridine rings is 1. The van der Waals surface area contributed by atoms with Crippen LogP contribution in [0.5, 0.6) is 0 Å². The topological polar surface area (TPSA) is 89.7 Å². The van der Waals surface area contributed by atoms with E-state index in [2.05, 4.69) is 4.98 Å². The number of halogens is 4. The molecule has 2 aliphatic heterocycles. The van der Waals surface area contributed by atoms with Crippen molar-refractivity contribution < 1.29 is 22.7 Å². The Bertz CT molecular complexity index is 1660. The third-order valence-electron chi connectivity index (χ3n) is 7.32. The number of rotatable bonds is 2. The van der Waals surface area contributed by atoms with E-state index in [1.54, 1.807) is 48.9 Å². The summed E-state index contributed by atoms with van der Waals surface area (Å²) < 4.78 is 51.1. The molecule has 9 nitrogen and oxygen atoms in total. The Labute approximate surface area is 249 Å². The average Bonchev–Trinajstić information content (AvgIpc) is 3.07. The fourth-order valence-corrected chi connectivity index (χ4v) is 7.27. The zero-order valence-electron chi connectivity index (χ0n) is 23.7. The van der Waals surface area contributed by atoms with E-state index in [0.717, 1.165) is 17.8 Å². The van der Waals surface area contributed by atoms with Crippen molar-refractivity contribution in [2.75, 3.05) is 23.7 Å². The van der Waals surface area contributed by atoms with Gasteiger partial charge in [0.2, 0.25) is 0 Å². The second-order valence-electron chi connectivity index (χ2n) is 11.7. The second-order valence-corrected chi connectivity index (χ2v) is 13.1. The summed E-state index contributed by atoms with van der Waals surface area (Å²) in [5.41, 5.74) is -2.45. The van der Waals surface area contributed by atoms with E-state index in [4.69, 9.17) is 16.3 Å². The number of hydrogen-bond donors (Lipinski definition) is 0. The van der Waals surface area contributed by atoms with Crippen molar-refractivity contribution in [3.8, 4) is 0 Å². The lowest BCUT2D eigenvalue weighted by Crippen LogP contribution is -2.59. The summed E-state index contributed by atoms with van der Waals surface area (Å²) in [6.45, 7) is 9.38. The molecule has 3 aromatic rings. The van der Waals surface area contributed by atoms with Gasteiger partial charge in [-0.2, -0.15) is 18.2 Å². The molecule has 226 valence electrons. The molecule has 0 radical (unpaired) electrons. The Morgan fingerprint density at radius 1 is 1.10 bits per heavy atom. The minimum absolute atomic E-state index is 0.0213. The molecule has 0 unspecified atom stereocenters. The van der Waals surface area contributed by atoms with E-state index in [9.17, 15) is 27.6 Å². The zero-order chi connectivity index (χ0) is 30.7. The van der Waals surface area contributed by atoms with E-state index in [-0.39, 0.29) is 52.6 Å². The van der Waals surface area contributed by atoms with Gasteiger partial charge in [0.1, 0.15) is 11.4 Å². The van der Waals surface area contributed by atoms with Crippen molar-refractivity contribution in [1.29, 1.82) is 0 Å². The molecule has 2 aromatic heterocycles. The molecule has 2 aliphatic rings. The van der Waals surface area contributed by atoms with E-state index in [0.29, 0.717) is 0 Å². The van der Waals surface area contributed by atoms with Gasteiger partial charge in [-0.25, -0.2) is 9.59 Å². The summed E-state index contributed by atoms with van der Waals surface area (Å²) >= 11 is 7.48. The molecule has 0 bridgehead atoms. The van der Waals surface area contributed by atoms with Gasteiger partial charge in [-0.05, 0) is 46.8 Å². The summed E-state index contributed by atoms with van der Waals surface area (Å²) in [6.07, 6.45) is -3.67. The Hall–Kier alpha value is -3.19. The van der Waals surface area contributed by atoms with Gasteiger partial charge < -0.3 is 14.2 Å². The highest BCUT2D eigenvalue weighted by Gasteiger charge is 2.40. The van der Waals surface area contributed by atoms with Crippen molar-refractivity contribution in [1.82, 2.24) is 19.0 Å².